The number of nitrogens with one attached hydrogen (secondary N) is 1. The molecule has 4 nitrogen and oxygen atoms in total. The van der Waals surface area contributed by atoms with E-state index < -0.39 is 6.10 Å². The van der Waals surface area contributed by atoms with Crippen molar-refractivity contribution in [1.29, 1.82) is 0 Å². The molecule has 1 amide bonds. The molecule has 0 aromatic heterocycles. The lowest BCUT2D eigenvalue weighted by molar-refractivity contribution is -0.122. The Labute approximate surface area is 152 Å². The van der Waals surface area contributed by atoms with Gasteiger partial charge in [-0.2, -0.15) is 0 Å². The maximum atomic E-state index is 12.7. The summed E-state index contributed by atoms with van der Waals surface area (Å²) in [6.07, 6.45) is 3.71. The number of amides is 1. The lowest BCUT2D eigenvalue weighted by Crippen LogP contribution is -2.34. The first kappa shape index (κ1) is 16.3. The van der Waals surface area contributed by atoms with Gasteiger partial charge < -0.3 is 15.0 Å². The molecule has 4 rings (SSSR count). The van der Waals surface area contributed by atoms with Crippen LogP contribution in [0.2, 0.25) is 5.02 Å². The molecule has 130 valence electrons. The highest BCUT2D eigenvalue weighted by Gasteiger charge is 2.30. The molecule has 0 bridgehead atoms. The minimum atomic E-state index is -0.511. The highest BCUT2D eigenvalue weighted by atomic mass is 35.5. The zero-order valence-electron chi connectivity index (χ0n) is 14.0. The van der Waals surface area contributed by atoms with Gasteiger partial charge in [-0.3, -0.25) is 4.79 Å². The number of hydrogen-bond acceptors (Lipinski definition) is 3. The van der Waals surface area contributed by atoms with Gasteiger partial charge in [-0.05, 0) is 55.2 Å². The van der Waals surface area contributed by atoms with Gasteiger partial charge in [0.05, 0.1) is 11.4 Å². The second-order valence-corrected chi connectivity index (χ2v) is 7.05. The maximum Gasteiger partial charge on any atom is 0.265 e. The minimum absolute atomic E-state index is 0.114. The summed E-state index contributed by atoms with van der Waals surface area (Å²) in [7, 11) is 0. The number of ether oxygens (including phenoxy) is 1. The predicted octanol–water partition coefficient (Wildman–Crippen LogP) is 4.27. The van der Waals surface area contributed by atoms with E-state index >= 15 is 0 Å². The third-order valence-corrected chi connectivity index (χ3v) is 5.08. The van der Waals surface area contributed by atoms with Gasteiger partial charge in [0.15, 0.2) is 6.10 Å². The Morgan fingerprint density at radius 1 is 1.12 bits per heavy atom. The number of benzene rings is 2. The van der Waals surface area contributed by atoms with Crippen LogP contribution < -0.4 is 15.0 Å². The van der Waals surface area contributed by atoms with Crippen molar-refractivity contribution in [3.05, 3.63) is 53.1 Å². The van der Waals surface area contributed by atoms with Crippen LogP contribution >= 0.6 is 11.6 Å². The van der Waals surface area contributed by atoms with E-state index in [2.05, 4.69) is 16.3 Å². The average Bonchev–Trinajstić information content (AvgIpc) is 3.06. The molecule has 5 heteroatoms. The summed E-state index contributed by atoms with van der Waals surface area (Å²) in [5.41, 5.74) is 2.93. The lowest BCUT2D eigenvalue weighted by Gasteiger charge is -2.30. The van der Waals surface area contributed by atoms with E-state index in [4.69, 9.17) is 16.3 Å². The van der Waals surface area contributed by atoms with Crippen molar-refractivity contribution < 1.29 is 9.53 Å². The summed E-state index contributed by atoms with van der Waals surface area (Å²) in [6.45, 7) is 2.08. The zero-order valence-corrected chi connectivity index (χ0v) is 14.8. The summed E-state index contributed by atoms with van der Waals surface area (Å²) < 4.78 is 5.80. The van der Waals surface area contributed by atoms with E-state index in [1.54, 1.807) is 6.07 Å². The molecular formula is C20H21ClN2O2. The van der Waals surface area contributed by atoms with Crippen LogP contribution in [0.5, 0.6) is 5.75 Å². The van der Waals surface area contributed by atoms with Crippen LogP contribution in [0.1, 0.15) is 24.8 Å². The largest absolute Gasteiger partial charge is 0.480 e. The number of anilines is 2. The molecule has 2 aromatic rings. The Morgan fingerprint density at radius 2 is 1.92 bits per heavy atom. The van der Waals surface area contributed by atoms with E-state index in [9.17, 15) is 4.79 Å². The van der Waals surface area contributed by atoms with Crippen molar-refractivity contribution in [3.8, 4) is 5.75 Å². The fraction of sp³-hybridized carbons (Fsp3) is 0.350. The number of halogens is 1. The van der Waals surface area contributed by atoms with Crippen LogP contribution in [0.3, 0.4) is 0 Å². The molecule has 1 N–H and O–H groups in total. The topological polar surface area (TPSA) is 41.6 Å². The molecule has 2 heterocycles. The molecule has 2 aliphatic rings. The SMILES string of the molecule is O=C(Nc1ccccc1N1CCCCC1)C1Cc2cc(Cl)ccc2O1. The molecule has 25 heavy (non-hydrogen) atoms. The highest BCUT2D eigenvalue weighted by molar-refractivity contribution is 6.30. The summed E-state index contributed by atoms with van der Waals surface area (Å²) in [4.78, 5) is 15.1. The summed E-state index contributed by atoms with van der Waals surface area (Å²) >= 11 is 6.03. The van der Waals surface area contributed by atoms with Crippen LogP contribution in [0, 0.1) is 0 Å². The van der Waals surface area contributed by atoms with Crippen LogP contribution in [0.25, 0.3) is 0 Å². The van der Waals surface area contributed by atoms with Gasteiger partial charge in [-0.15, -0.1) is 0 Å². The maximum absolute atomic E-state index is 12.7. The van der Waals surface area contributed by atoms with E-state index in [1.165, 1.54) is 19.3 Å². The smallest absolute Gasteiger partial charge is 0.265 e. The van der Waals surface area contributed by atoms with Crippen LogP contribution in [-0.2, 0) is 11.2 Å². The first-order chi connectivity index (χ1) is 12.2. The normalized spacial score (nSPS) is 19.2. The van der Waals surface area contributed by atoms with Crippen molar-refractivity contribution in [3.63, 3.8) is 0 Å². The molecular weight excluding hydrogens is 336 g/mol. The van der Waals surface area contributed by atoms with E-state index in [0.717, 1.165) is 35.8 Å². The molecule has 2 aliphatic heterocycles. The molecule has 1 fully saturated rings. The average molecular weight is 357 g/mol. The van der Waals surface area contributed by atoms with Gasteiger partial charge in [-0.25, -0.2) is 0 Å². The Balaban J connectivity index is 1.49. The van der Waals surface area contributed by atoms with Crippen LogP contribution in [0.15, 0.2) is 42.5 Å². The summed E-state index contributed by atoms with van der Waals surface area (Å²) in [5.74, 6) is 0.630. The van der Waals surface area contributed by atoms with Crippen molar-refractivity contribution in [2.45, 2.75) is 31.8 Å². The van der Waals surface area contributed by atoms with Gasteiger partial charge in [0.25, 0.3) is 5.91 Å². The fourth-order valence-electron chi connectivity index (χ4n) is 3.57. The van der Waals surface area contributed by atoms with Gasteiger partial charge in [-0.1, -0.05) is 23.7 Å². The number of piperidine rings is 1. The van der Waals surface area contributed by atoms with Crippen LogP contribution in [-0.4, -0.2) is 25.1 Å². The van der Waals surface area contributed by atoms with Crippen molar-refractivity contribution in [2.24, 2.45) is 0 Å². The number of hydrogen-bond donors (Lipinski definition) is 1. The second-order valence-electron chi connectivity index (χ2n) is 6.62. The number of nitrogens with zero attached hydrogens (tertiary/aromatic N) is 1. The lowest BCUT2D eigenvalue weighted by atomic mass is 10.1. The third kappa shape index (κ3) is 3.45. The quantitative estimate of drug-likeness (QED) is 0.892. The Bertz CT molecular complexity index is 787. The summed E-state index contributed by atoms with van der Waals surface area (Å²) in [5, 5.41) is 3.73. The fourth-order valence-corrected chi connectivity index (χ4v) is 3.76. The monoisotopic (exact) mass is 356 g/mol. The molecule has 0 aliphatic carbocycles. The summed E-state index contributed by atoms with van der Waals surface area (Å²) in [6, 6.07) is 13.5. The molecule has 1 atom stereocenters. The number of para-hydroxylation sites is 2. The number of carbonyl (C=O) groups excluding carboxylic acids is 1. The predicted molar refractivity (Wildman–Crippen MR) is 101 cm³/mol. The zero-order chi connectivity index (χ0) is 17.2. The highest BCUT2D eigenvalue weighted by Crippen LogP contribution is 2.33. The number of rotatable bonds is 3. The van der Waals surface area contributed by atoms with E-state index in [1.807, 2.05) is 30.3 Å². The molecule has 2 aromatic carbocycles. The van der Waals surface area contributed by atoms with Gasteiger partial charge in [0.1, 0.15) is 5.75 Å². The molecule has 1 saturated heterocycles. The molecule has 1 unspecified atom stereocenters. The van der Waals surface area contributed by atoms with Crippen LogP contribution in [0.4, 0.5) is 11.4 Å². The Kier molecular flexibility index (Phi) is 4.53. The van der Waals surface area contributed by atoms with Gasteiger partial charge >= 0.3 is 0 Å². The first-order valence-corrected chi connectivity index (χ1v) is 9.18. The first-order valence-electron chi connectivity index (χ1n) is 8.80. The van der Waals surface area contributed by atoms with Crippen molar-refractivity contribution in [1.82, 2.24) is 0 Å². The van der Waals surface area contributed by atoms with Crippen molar-refractivity contribution in [2.75, 3.05) is 23.3 Å². The third-order valence-electron chi connectivity index (χ3n) is 4.85. The molecule has 0 spiro atoms. The Hall–Kier alpha value is -2.20. The Morgan fingerprint density at radius 3 is 2.76 bits per heavy atom. The standard InChI is InChI=1S/C20H21ClN2O2/c21-15-8-9-18-14(12-15)13-19(25-18)20(24)22-16-6-2-3-7-17(16)23-10-4-1-5-11-23/h2-3,6-9,12,19H,1,4-5,10-11,13H2,(H,22,24). The van der Waals surface area contributed by atoms with E-state index in [-0.39, 0.29) is 5.91 Å². The molecule has 0 saturated carbocycles. The van der Waals surface area contributed by atoms with Gasteiger partial charge in [0.2, 0.25) is 0 Å². The molecule has 0 radical (unpaired) electrons. The number of fused-ring (bicyclic) bond motifs is 1. The minimum Gasteiger partial charge on any atom is -0.480 e. The van der Waals surface area contributed by atoms with Gasteiger partial charge in [0, 0.05) is 24.5 Å². The number of carbonyl (C=O) groups is 1. The van der Waals surface area contributed by atoms with E-state index in [0.29, 0.717) is 11.4 Å². The second kappa shape index (κ2) is 6.96. The van der Waals surface area contributed by atoms with Crippen molar-refractivity contribution >= 4 is 28.9 Å².